The molecule has 10 atom stereocenters. The van der Waals surface area contributed by atoms with E-state index in [2.05, 4.69) is 54.4 Å². The summed E-state index contributed by atoms with van der Waals surface area (Å²) in [6.07, 6.45) is -8.12. The van der Waals surface area contributed by atoms with E-state index in [1.165, 1.54) is 21.8 Å². The lowest BCUT2D eigenvalue weighted by atomic mass is 10.1. The van der Waals surface area contributed by atoms with Crippen molar-refractivity contribution >= 4 is 72.1 Å². The average Bonchev–Trinajstić information content (AvgIpc) is 3.73. The normalized spacial score (nSPS) is 38.3. The van der Waals surface area contributed by atoms with Gasteiger partial charge in [0.15, 0.2) is 47.7 Å². The molecule has 0 bridgehead atoms. The van der Waals surface area contributed by atoms with Crippen LogP contribution < -0.4 is 11.5 Å². The number of thiol groups is 2. The first-order valence-electron chi connectivity index (χ1n) is 12.7. The molecule has 4 N–H and O–H groups in total. The first-order chi connectivity index (χ1) is 20.9. The maximum atomic E-state index is 16.0. The Morgan fingerprint density at radius 2 is 1.14 bits per heavy atom. The summed E-state index contributed by atoms with van der Waals surface area (Å²) in [4.78, 5) is 24.0. The Balaban J connectivity index is 1.17. The molecule has 0 unspecified atom stereocenters. The maximum Gasteiger partial charge on any atom is 0.386 e. The molecular formula is C20H22F2N10O8P2S2. The molecule has 0 radical (unpaired) electrons. The number of hydrogen-bond donors (Lipinski definition) is 4. The van der Waals surface area contributed by atoms with Crippen LogP contribution in [0.2, 0.25) is 0 Å². The lowest BCUT2D eigenvalue weighted by molar-refractivity contribution is -0.0544. The third kappa shape index (κ3) is 5.25. The topological polar surface area (TPSA) is 229 Å². The molecule has 0 amide bonds. The third-order valence-electron chi connectivity index (χ3n) is 7.17. The van der Waals surface area contributed by atoms with Crippen LogP contribution in [0.1, 0.15) is 12.5 Å². The molecule has 7 rings (SSSR count). The molecule has 3 aliphatic heterocycles. The van der Waals surface area contributed by atoms with Crippen molar-refractivity contribution < 1.29 is 45.5 Å². The molecule has 3 saturated heterocycles. The zero-order valence-corrected chi connectivity index (χ0v) is 25.5. The standard InChI is InChI=1S/C20H22F2N10O8P2S2/c21-9-13-7(37-19(9)31-5-29-11-15(23)25-3-27-17(11)31)1-35-41(33,43)40-14-8(2-36-42(34,44)39-13)38-20(10(14)22)32-6-30-12-16(24)26-4-28-18(12)32/h3-10,13-14,19-20H,1-2H2,(H,33,43)(H,34,44)(H2,23,25,27)(H2,24,26,28)/t7-,8-,9+,10+,13-,14-,19-,20-,41-,42-/m1/s1. The Bertz CT molecular complexity index is 1710. The van der Waals surface area contributed by atoms with Crippen LogP contribution in [0.3, 0.4) is 0 Å². The van der Waals surface area contributed by atoms with E-state index in [0.717, 1.165) is 12.7 Å². The fourth-order valence-electron chi connectivity index (χ4n) is 5.17. The summed E-state index contributed by atoms with van der Waals surface area (Å²) in [7, 11) is 0. The van der Waals surface area contributed by atoms with Crippen LogP contribution in [0.25, 0.3) is 22.3 Å². The minimum atomic E-state index is -4.39. The van der Waals surface area contributed by atoms with E-state index in [4.69, 9.17) is 39.0 Å². The highest BCUT2D eigenvalue weighted by atomic mass is 32.7. The van der Waals surface area contributed by atoms with Crippen molar-refractivity contribution in [2.75, 3.05) is 24.7 Å². The van der Waals surface area contributed by atoms with Crippen LogP contribution in [0.4, 0.5) is 20.4 Å². The predicted octanol–water partition coefficient (Wildman–Crippen LogP) is 2.19. The number of hydrogen-bond acceptors (Lipinski definition) is 16. The van der Waals surface area contributed by atoms with Crippen molar-refractivity contribution in [3.63, 3.8) is 0 Å². The second kappa shape index (κ2) is 11.1. The van der Waals surface area contributed by atoms with Gasteiger partial charge in [-0.2, -0.15) is 0 Å². The molecule has 3 fully saturated rings. The number of imidazole rings is 2. The quantitative estimate of drug-likeness (QED) is 0.174. The monoisotopic (exact) mass is 694 g/mol. The van der Waals surface area contributed by atoms with Crippen molar-refractivity contribution in [3.8, 4) is 0 Å². The number of fused-ring (bicyclic) bond motifs is 4. The summed E-state index contributed by atoms with van der Waals surface area (Å²) < 4.78 is 94.5. The molecular weight excluding hydrogens is 672 g/mol. The van der Waals surface area contributed by atoms with Crippen LogP contribution in [0.15, 0.2) is 25.3 Å². The van der Waals surface area contributed by atoms with Gasteiger partial charge in [-0.3, -0.25) is 27.2 Å². The molecule has 4 aromatic heterocycles. The molecule has 0 aromatic carbocycles. The van der Waals surface area contributed by atoms with Gasteiger partial charge in [-0.05, 0) is 0 Å². The summed E-state index contributed by atoms with van der Waals surface area (Å²) in [6.45, 7) is -10.1. The molecule has 0 saturated carbocycles. The van der Waals surface area contributed by atoms with Gasteiger partial charge in [0.1, 0.15) is 48.1 Å². The molecule has 4 aromatic rings. The van der Waals surface area contributed by atoms with E-state index in [1.807, 2.05) is 0 Å². The molecule has 0 aliphatic carbocycles. The van der Waals surface area contributed by atoms with Crippen molar-refractivity contribution in [1.29, 1.82) is 0 Å². The lowest BCUT2D eigenvalue weighted by Crippen LogP contribution is -2.36. The molecule has 44 heavy (non-hydrogen) atoms. The summed E-state index contributed by atoms with van der Waals surface area (Å²) in [5.41, 5.74) is 12.3. The number of halogens is 2. The Morgan fingerprint density at radius 1 is 0.727 bits per heavy atom. The zero-order chi connectivity index (χ0) is 31.0. The fourth-order valence-corrected chi connectivity index (χ4v) is 8.14. The van der Waals surface area contributed by atoms with Gasteiger partial charge >= 0.3 is 13.6 Å². The Labute approximate surface area is 255 Å². The van der Waals surface area contributed by atoms with Crippen LogP contribution in [0, 0.1) is 0 Å². The largest absolute Gasteiger partial charge is 0.386 e. The smallest absolute Gasteiger partial charge is 0.382 e. The zero-order valence-electron chi connectivity index (χ0n) is 21.9. The Kier molecular flexibility index (Phi) is 7.59. The van der Waals surface area contributed by atoms with Crippen molar-refractivity contribution in [2.24, 2.45) is 0 Å². The minimum Gasteiger partial charge on any atom is -0.382 e. The van der Waals surface area contributed by atoms with Gasteiger partial charge in [-0.15, -0.1) is 0 Å². The lowest BCUT2D eigenvalue weighted by Gasteiger charge is -2.28. The number of aromatic nitrogens is 8. The van der Waals surface area contributed by atoms with E-state index in [0.29, 0.717) is 0 Å². The summed E-state index contributed by atoms with van der Waals surface area (Å²) in [5.74, 6) is 0.101. The van der Waals surface area contributed by atoms with Crippen molar-refractivity contribution in [3.05, 3.63) is 25.3 Å². The number of alkyl halides is 2. The molecule has 18 nitrogen and oxygen atoms in total. The van der Waals surface area contributed by atoms with E-state index in [9.17, 15) is 9.13 Å². The highest BCUT2D eigenvalue weighted by Gasteiger charge is 2.54. The van der Waals surface area contributed by atoms with Crippen molar-refractivity contribution in [2.45, 2.75) is 49.2 Å². The highest BCUT2D eigenvalue weighted by Crippen LogP contribution is 2.60. The van der Waals surface area contributed by atoms with Gasteiger partial charge in [0.05, 0.1) is 25.9 Å². The second-order valence-corrected chi connectivity index (χ2v) is 15.6. The summed E-state index contributed by atoms with van der Waals surface area (Å²) in [5, 5.41) is 0. The number of anilines is 2. The van der Waals surface area contributed by atoms with E-state index >= 15 is 8.78 Å². The van der Waals surface area contributed by atoms with E-state index < -0.39 is 76.0 Å². The average molecular weight is 695 g/mol. The van der Waals surface area contributed by atoms with Crippen LogP contribution in [-0.4, -0.2) is 89.0 Å². The molecule has 24 heteroatoms. The van der Waals surface area contributed by atoms with Gasteiger partial charge in [-0.25, -0.2) is 47.8 Å². The predicted molar refractivity (Wildman–Crippen MR) is 152 cm³/mol. The van der Waals surface area contributed by atoms with E-state index in [1.54, 1.807) is 0 Å². The van der Waals surface area contributed by atoms with Crippen molar-refractivity contribution in [1.82, 2.24) is 39.0 Å². The highest BCUT2D eigenvalue weighted by molar-refractivity contribution is 8.44. The second-order valence-electron chi connectivity index (χ2n) is 9.85. The van der Waals surface area contributed by atoms with Crippen LogP contribution in [0.5, 0.6) is 0 Å². The summed E-state index contributed by atoms with van der Waals surface area (Å²) in [6, 6.07) is 0. The van der Waals surface area contributed by atoms with Gasteiger partial charge in [0.2, 0.25) is 0 Å². The first kappa shape index (κ1) is 30.2. The molecule has 236 valence electrons. The molecule has 7 heterocycles. The first-order valence-corrected chi connectivity index (χ1v) is 18.1. The van der Waals surface area contributed by atoms with Gasteiger partial charge in [0, 0.05) is 0 Å². The third-order valence-corrected chi connectivity index (χ3v) is 10.4. The Hall–Kier alpha value is -2.52. The number of ether oxygens (including phenoxy) is 2. The SMILES string of the molecule is Nc1ncnc2c1ncn2[C@@H]1O[C@@H]2CO[P@@](=O)(S)O[C@H]3[C@H](F)[C@H](n4cnc5c(N)ncnc54)O[C@@H]3CO[P@@](=O)(S)O[C@H]2[C@@H]1F. The van der Waals surface area contributed by atoms with Crippen LogP contribution in [-0.2, 0) is 36.7 Å². The van der Waals surface area contributed by atoms with Crippen LogP contribution >= 0.6 is 38.1 Å². The minimum absolute atomic E-state index is 0.0504. The van der Waals surface area contributed by atoms with Gasteiger partial charge in [0.25, 0.3) is 0 Å². The molecule has 3 aliphatic rings. The number of rotatable bonds is 2. The fraction of sp³-hybridized carbons (Fsp3) is 0.500. The number of nitrogens with two attached hydrogens (primary N) is 2. The number of nitrogens with zero attached hydrogens (tertiary/aromatic N) is 8. The van der Waals surface area contributed by atoms with Gasteiger partial charge < -0.3 is 20.9 Å². The van der Waals surface area contributed by atoms with E-state index in [-0.39, 0.29) is 34.0 Å². The van der Waals surface area contributed by atoms with Gasteiger partial charge in [-0.1, -0.05) is 24.5 Å². The number of nitrogen functional groups attached to an aromatic ring is 2. The molecule has 0 spiro atoms. The summed E-state index contributed by atoms with van der Waals surface area (Å²) >= 11 is 7.99. The Morgan fingerprint density at radius 3 is 1.55 bits per heavy atom. The maximum absolute atomic E-state index is 16.0.